The Kier molecular flexibility index (Phi) is 5.64. The molecular weight excluding hydrogens is 240 g/mol. The van der Waals surface area contributed by atoms with Crippen molar-refractivity contribution in [2.45, 2.75) is 45.6 Å². The highest BCUT2D eigenvalue weighted by molar-refractivity contribution is 5.76. The van der Waals surface area contributed by atoms with Crippen LogP contribution in [0.5, 0.6) is 0 Å². The first-order valence-electron chi connectivity index (χ1n) is 7.76. The van der Waals surface area contributed by atoms with Gasteiger partial charge in [-0.15, -0.1) is 0 Å². The molecule has 2 fully saturated rings. The molecule has 0 spiro atoms. The molecule has 2 aliphatic heterocycles. The molecule has 0 aliphatic carbocycles. The van der Waals surface area contributed by atoms with E-state index in [-0.39, 0.29) is 0 Å². The van der Waals surface area contributed by atoms with Gasteiger partial charge in [-0.1, -0.05) is 0 Å². The summed E-state index contributed by atoms with van der Waals surface area (Å²) < 4.78 is 5.46. The lowest BCUT2D eigenvalue weighted by Crippen LogP contribution is -2.38. The van der Waals surface area contributed by atoms with Crippen LogP contribution < -0.4 is 0 Å². The summed E-state index contributed by atoms with van der Waals surface area (Å²) in [7, 11) is 0. The summed E-state index contributed by atoms with van der Waals surface area (Å²) in [6.45, 7) is 10.1. The topological polar surface area (TPSA) is 32.8 Å². The first-order valence-corrected chi connectivity index (χ1v) is 7.76. The zero-order chi connectivity index (χ0) is 13.7. The van der Waals surface area contributed by atoms with E-state index in [4.69, 9.17) is 4.74 Å². The average Bonchev–Trinajstić information content (AvgIpc) is 2.65. The summed E-state index contributed by atoms with van der Waals surface area (Å²) in [5, 5.41) is 0. The Hall–Kier alpha value is -0.610. The Morgan fingerprint density at radius 3 is 2.74 bits per heavy atom. The summed E-state index contributed by atoms with van der Waals surface area (Å²) in [6, 6.07) is 0.585. The second kappa shape index (κ2) is 7.25. The maximum absolute atomic E-state index is 12.3. The van der Waals surface area contributed by atoms with Crippen molar-refractivity contribution in [1.29, 1.82) is 0 Å². The van der Waals surface area contributed by atoms with Crippen molar-refractivity contribution in [3.05, 3.63) is 0 Å². The number of nitrogens with zero attached hydrogens (tertiary/aromatic N) is 2. The van der Waals surface area contributed by atoms with Crippen LogP contribution in [-0.4, -0.2) is 61.1 Å². The molecule has 110 valence electrons. The van der Waals surface area contributed by atoms with Crippen LogP contribution in [0.2, 0.25) is 0 Å². The predicted octanol–water partition coefficient (Wildman–Crippen LogP) is 1.75. The van der Waals surface area contributed by atoms with Gasteiger partial charge in [0.05, 0.1) is 0 Å². The van der Waals surface area contributed by atoms with E-state index in [2.05, 4.69) is 23.6 Å². The molecule has 1 atom stereocenters. The van der Waals surface area contributed by atoms with Gasteiger partial charge in [-0.05, 0) is 39.0 Å². The lowest BCUT2D eigenvalue weighted by molar-refractivity contribution is -0.133. The molecule has 1 amide bonds. The minimum Gasteiger partial charge on any atom is -0.381 e. The summed E-state index contributed by atoms with van der Waals surface area (Å²) in [4.78, 5) is 16.9. The van der Waals surface area contributed by atoms with Crippen LogP contribution in [0.3, 0.4) is 0 Å². The van der Waals surface area contributed by atoms with Crippen LogP contribution in [0.1, 0.15) is 39.5 Å². The molecule has 1 unspecified atom stereocenters. The van der Waals surface area contributed by atoms with Crippen molar-refractivity contribution in [1.82, 2.24) is 9.80 Å². The molecule has 0 aromatic heterocycles. The van der Waals surface area contributed by atoms with E-state index < -0.39 is 0 Å². The van der Waals surface area contributed by atoms with Crippen molar-refractivity contribution in [2.75, 3.05) is 39.4 Å². The molecule has 2 rings (SSSR count). The highest BCUT2D eigenvalue weighted by Crippen LogP contribution is 2.19. The van der Waals surface area contributed by atoms with Crippen molar-refractivity contribution >= 4 is 5.91 Å². The largest absolute Gasteiger partial charge is 0.381 e. The predicted molar refractivity (Wildman–Crippen MR) is 76.1 cm³/mol. The van der Waals surface area contributed by atoms with Crippen molar-refractivity contribution in [3.8, 4) is 0 Å². The maximum Gasteiger partial charge on any atom is 0.222 e. The van der Waals surface area contributed by atoms with E-state index in [9.17, 15) is 4.79 Å². The standard InChI is InChI=1S/C15H28N2O2/c1-13(2)16-6-4-7-17(9-8-16)15(18)11-14-5-3-10-19-12-14/h13-14H,3-12H2,1-2H3. The molecular formula is C15H28N2O2. The molecule has 2 aliphatic rings. The van der Waals surface area contributed by atoms with Crippen LogP contribution in [-0.2, 0) is 9.53 Å². The molecule has 0 bridgehead atoms. The van der Waals surface area contributed by atoms with Gasteiger partial charge < -0.3 is 9.64 Å². The van der Waals surface area contributed by atoms with Gasteiger partial charge in [0.15, 0.2) is 0 Å². The number of hydrogen-bond donors (Lipinski definition) is 0. The van der Waals surface area contributed by atoms with Gasteiger partial charge >= 0.3 is 0 Å². The third-order valence-corrected chi connectivity index (χ3v) is 4.33. The highest BCUT2D eigenvalue weighted by Gasteiger charge is 2.24. The summed E-state index contributed by atoms with van der Waals surface area (Å²) in [5.74, 6) is 0.784. The molecule has 4 heteroatoms. The van der Waals surface area contributed by atoms with Crippen LogP contribution in [0.25, 0.3) is 0 Å². The normalized spacial score (nSPS) is 26.5. The van der Waals surface area contributed by atoms with Crippen LogP contribution >= 0.6 is 0 Å². The third-order valence-electron chi connectivity index (χ3n) is 4.33. The minimum atomic E-state index is 0.334. The van der Waals surface area contributed by atoms with Crippen LogP contribution in [0, 0.1) is 5.92 Å². The number of carbonyl (C=O) groups is 1. The quantitative estimate of drug-likeness (QED) is 0.782. The van der Waals surface area contributed by atoms with E-state index in [1.807, 2.05) is 0 Å². The SMILES string of the molecule is CC(C)N1CCCN(C(=O)CC2CCCOC2)CC1. The molecule has 0 N–H and O–H groups in total. The zero-order valence-electron chi connectivity index (χ0n) is 12.4. The van der Waals surface area contributed by atoms with Gasteiger partial charge in [0.25, 0.3) is 0 Å². The Balaban J connectivity index is 1.78. The van der Waals surface area contributed by atoms with E-state index in [1.165, 1.54) is 0 Å². The zero-order valence-corrected chi connectivity index (χ0v) is 12.4. The number of ether oxygens (including phenoxy) is 1. The Morgan fingerprint density at radius 2 is 2.05 bits per heavy atom. The van der Waals surface area contributed by atoms with Crippen molar-refractivity contribution < 1.29 is 9.53 Å². The van der Waals surface area contributed by atoms with Gasteiger partial charge in [0, 0.05) is 51.9 Å². The molecule has 19 heavy (non-hydrogen) atoms. The number of amides is 1. The Morgan fingerprint density at radius 1 is 1.21 bits per heavy atom. The fourth-order valence-electron chi connectivity index (χ4n) is 3.05. The average molecular weight is 268 g/mol. The monoisotopic (exact) mass is 268 g/mol. The molecule has 2 heterocycles. The van der Waals surface area contributed by atoms with Crippen LogP contribution in [0.4, 0.5) is 0 Å². The Labute approximate surface area is 117 Å². The van der Waals surface area contributed by atoms with Gasteiger partial charge in [-0.25, -0.2) is 0 Å². The van der Waals surface area contributed by atoms with Crippen LogP contribution in [0.15, 0.2) is 0 Å². The number of carbonyl (C=O) groups excluding carboxylic acids is 1. The van der Waals surface area contributed by atoms with Crippen molar-refractivity contribution in [2.24, 2.45) is 5.92 Å². The van der Waals surface area contributed by atoms with Gasteiger partial charge in [-0.3, -0.25) is 9.69 Å². The van der Waals surface area contributed by atoms with E-state index in [1.54, 1.807) is 0 Å². The summed E-state index contributed by atoms with van der Waals surface area (Å²) in [6.07, 6.45) is 4.05. The van der Waals surface area contributed by atoms with Gasteiger partial charge in [-0.2, -0.15) is 0 Å². The third kappa shape index (κ3) is 4.46. The highest BCUT2D eigenvalue weighted by atomic mass is 16.5. The number of hydrogen-bond acceptors (Lipinski definition) is 3. The molecule has 2 saturated heterocycles. The first kappa shape index (κ1) is 14.8. The molecule has 4 nitrogen and oxygen atoms in total. The van der Waals surface area contributed by atoms with E-state index in [0.717, 1.165) is 58.7 Å². The lowest BCUT2D eigenvalue weighted by atomic mass is 9.98. The minimum absolute atomic E-state index is 0.334. The lowest BCUT2D eigenvalue weighted by Gasteiger charge is -2.27. The fourth-order valence-corrected chi connectivity index (χ4v) is 3.05. The summed E-state index contributed by atoms with van der Waals surface area (Å²) in [5.41, 5.74) is 0. The molecule has 0 saturated carbocycles. The second-order valence-electron chi connectivity index (χ2n) is 6.15. The molecule has 0 radical (unpaired) electrons. The maximum atomic E-state index is 12.3. The molecule has 0 aromatic rings. The van der Waals surface area contributed by atoms with E-state index in [0.29, 0.717) is 24.3 Å². The van der Waals surface area contributed by atoms with Gasteiger partial charge in [0.1, 0.15) is 0 Å². The second-order valence-corrected chi connectivity index (χ2v) is 6.15. The fraction of sp³-hybridized carbons (Fsp3) is 0.933. The smallest absolute Gasteiger partial charge is 0.222 e. The Bertz CT molecular complexity index is 288. The molecule has 0 aromatic carbocycles. The number of rotatable bonds is 3. The summed E-state index contributed by atoms with van der Waals surface area (Å²) >= 11 is 0. The first-order chi connectivity index (χ1) is 9.16. The van der Waals surface area contributed by atoms with Gasteiger partial charge in [0.2, 0.25) is 5.91 Å². The van der Waals surface area contributed by atoms with Crippen molar-refractivity contribution in [3.63, 3.8) is 0 Å². The van der Waals surface area contributed by atoms with E-state index >= 15 is 0 Å².